The van der Waals surface area contributed by atoms with Crippen LogP contribution in [0.2, 0.25) is 0 Å². The monoisotopic (exact) mass is 394 g/mol. The van der Waals surface area contributed by atoms with Gasteiger partial charge in [0.25, 0.3) is 10.0 Å². The van der Waals surface area contributed by atoms with Gasteiger partial charge in [-0.15, -0.1) is 0 Å². The van der Waals surface area contributed by atoms with Crippen molar-refractivity contribution in [2.45, 2.75) is 4.90 Å². The predicted octanol–water partition coefficient (Wildman–Crippen LogP) is 3.23. The van der Waals surface area contributed by atoms with Crippen molar-refractivity contribution in [1.29, 1.82) is 5.26 Å². The molecule has 0 atom stereocenters. The molecule has 0 bridgehead atoms. The largest absolute Gasteiger partial charge is 0.454 e. The highest BCUT2D eigenvalue weighted by atomic mass is 32.2. The summed E-state index contributed by atoms with van der Waals surface area (Å²) in [5.41, 5.74) is 1.40. The number of rotatable bonds is 5. The van der Waals surface area contributed by atoms with Crippen molar-refractivity contribution in [3.8, 4) is 17.6 Å². The van der Waals surface area contributed by atoms with Crippen molar-refractivity contribution in [1.82, 2.24) is 4.98 Å². The maximum absolute atomic E-state index is 12.6. The highest BCUT2D eigenvalue weighted by Crippen LogP contribution is 2.34. The molecule has 2 heterocycles. The van der Waals surface area contributed by atoms with Crippen molar-refractivity contribution in [2.24, 2.45) is 0 Å². The third-order valence-corrected chi connectivity index (χ3v) is 5.36. The van der Waals surface area contributed by atoms with Crippen LogP contribution < -0.4 is 19.5 Å². The van der Waals surface area contributed by atoms with Crippen LogP contribution in [0.15, 0.2) is 65.7 Å². The molecule has 0 spiro atoms. The van der Waals surface area contributed by atoms with Gasteiger partial charge in [0, 0.05) is 6.07 Å². The van der Waals surface area contributed by atoms with Gasteiger partial charge in [0.2, 0.25) is 6.79 Å². The summed E-state index contributed by atoms with van der Waals surface area (Å²) in [5, 5.41) is 12.2. The number of benzene rings is 2. The van der Waals surface area contributed by atoms with Crippen LogP contribution >= 0.6 is 0 Å². The summed E-state index contributed by atoms with van der Waals surface area (Å²) in [6, 6.07) is 16.7. The maximum atomic E-state index is 12.6. The Hall–Kier alpha value is -3.77. The van der Waals surface area contributed by atoms with Crippen LogP contribution in [0, 0.1) is 11.3 Å². The number of anilines is 3. The number of hydrogen-bond acceptors (Lipinski definition) is 7. The molecule has 1 aromatic heterocycles. The van der Waals surface area contributed by atoms with E-state index in [9.17, 15) is 8.42 Å². The SMILES string of the molecule is N#Cc1ccccc1Nc1ccc(NS(=O)(=O)c2ccc3c(c2)OCO3)cn1. The van der Waals surface area contributed by atoms with Crippen molar-refractivity contribution in [2.75, 3.05) is 16.8 Å². The minimum atomic E-state index is -3.81. The molecule has 2 N–H and O–H groups in total. The molecule has 4 rings (SSSR count). The molecule has 28 heavy (non-hydrogen) atoms. The second-order valence-corrected chi connectivity index (χ2v) is 7.52. The smallest absolute Gasteiger partial charge is 0.262 e. The Balaban J connectivity index is 1.50. The molecule has 0 fully saturated rings. The fraction of sp³-hybridized carbons (Fsp3) is 0.0526. The van der Waals surface area contributed by atoms with Gasteiger partial charge in [-0.25, -0.2) is 13.4 Å². The molecule has 0 unspecified atom stereocenters. The molecule has 0 amide bonds. The van der Waals surface area contributed by atoms with Gasteiger partial charge >= 0.3 is 0 Å². The number of nitriles is 1. The topological polar surface area (TPSA) is 113 Å². The Bertz CT molecular complexity index is 1170. The number of fused-ring (bicyclic) bond motifs is 1. The van der Waals surface area contributed by atoms with Crippen LogP contribution in [-0.4, -0.2) is 20.2 Å². The van der Waals surface area contributed by atoms with Gasteiger partial charge in [-0.2, -0.15) is 5.26 Å². The standard InChI is InChI=1S/C19H14N4O4S/c20-10-13-3-1-2-4-16(13)22-19-8-5-14(11-21-19)23-28(24,25)15-6-7-17-18(9-15)27-12-26-17/h1-9,11,23H,12H2,(H,21,22). The van der Waals surface area contributed by atoms with E-state index in [1.54, 1.807) is 42.5 Å². The molecule has 140 valence electrons. The first kappa shape index (κ1) is 17.6. The van der Waals surface area contributed by atoms with Crippen LogP contribution in [0.25, 0.3) is 0 Å². The van der Waals surface area contributed by atoms with E-state index in [2.05, 4.69) is 21.1 Å². The van der Waals surface area contributed by atoms with Crippen LogP contribution in [0.3, 0.4) is 0 Å². The molecular formula is C19H14N4O4S. The third-order valence-electron chi connectivity index (χ3n) is 3.98. The summed E-state index contributed by atoms with van der Waals surface area (Å²) in [5.74, 6) is 1.37. The lowest BCUT2D eigenvalue weighted by atomic mass is 10.2. The van der Waals surface area contributed by atoms with E-state index in [0.717, 1.165) is 0 Å². The van der Waals surface area contributed by atoms with Gasteiger partial charge in [-0.3, -0.25) is 4.72 Å². The van der Waals surface area contributed by atoms with E-state index >= 15 is 0 Å². The lowest BCUT2D eigenvalue weighted by Crippen LogP contribution is -2.13. The van der Waals surface area contributed by atoms with Gasteiger partial charge < -0.3 is 14.8 Å². The third kappa shape index (κ3) is 3.54. The van der Waals surface area contributed by atoms with E-state index in [1.165, 1.54) is 18.3 Å². The van der Waals surface area contributed by atoms with Crippen LogP contribution in [0.1, 0.15) is 5.56 Å². The second kappa shape index (κ2) is 7.09. The van der Waals surface area contributed by atoms with Crippen LogP contribution in [0.5, 0.6) is 11.5 Å². The predicted molar refractivity (Wildman–Crippen MR) is 102 cm³/mol. The van der Waals surface area contributed by atoms with Crippen molar-refractivity contribution >= 4 is 27.2 Å². The van der Waals surface area contributed by atoms with Gasteiger partial charge in [0.1, 0.15) is 11.9 Å². The first-order valence-corrected chi connectivity index (χ1v) is 9.68. The number of hydrogen-bond donors (Lipinski definition) is 2. The fourth-order valence-corrected chi connectivity index (χ4v) is 3.67. The quantitative estimate of drug-likeness (QED) is 0.683. The zero-order chi connectivity index (χ0) is 19.6. The molecule has 0 saturated carbocycles. The number of sulfonamides is 1. The fourth-order valence-electron chi connectivity index (χ4n) is 2.61. The Morgan fingerprint density at radius 1 is 1.04 bits per heavy atom. The Kier molecular flexibility index (Phi) is 4.47. The van der Waals surface area contributed by atoms with Crippen molar-refractivity contribution in [3.63, 3.8) is 0 Å². The molecule has 9 heteroatoms. The minimum absolute atomic E-state index is 0.0573. The first-order chi connectivity index (χ1) is 13.5. The number of para-hydroxylation sites is 1. The molecule has 0 aliphatic carbocycles. The zero-order valence-electron chi connectivity index (χ0n) is 14.4. The minimum Gasteiger partial charge on any atom is -0.454 e. The molecule has 0 radical (unpaired) electrons. The van der Waals surface area contributed by atoms with E-state index in [1.807, 2.05) is 0 Å². The van der Waals surface area contributed by atoms with Gasteiger partial charge in [-0.1, -0.05) is 12.1 Å². The lowest BCUT2D eigenvalue weighted by molar-refractivity contribution is 0.174. The zero-order valence-corrected chi connectivity index (χ0v) is 15.2. The van der Waals surface area contributed by atoms with Gasteiger partial charge in [0.15, 0.2) is 11.5 Å². The summed E-state index contributed by atoms with van der Waals surface area (Å²) in [4.78, 5) is 4.25. The molecular weight excluding hydrogens is 380 g/mol. The first-order valence-electron chi connectivity index (χ1n) is 8.20. The molecule has 2 aromatic carbocycles. The normalized spacial score (nSPS) is 12.2. The molecule has 1 aliphatic heterocycles. The van der Waals surface area contributed by atoms with E-state index < -0.39 is 10.0 Å². The van der Waals surface area contributed by atoms with Gasteiger partial charge in [-0.05, 0) is 36.4 Å². The average molecular weight is 394 g/mol. The number of pyridine rings is 1. The number of aromatic nitrogens is 1. The highest BCUT2D eigenvalue weighted by molar-refractivity contribution is 7.92. The van der Waals surface area contributed by atoms with Crippen LogP contribution in [-0.2, 0) is 10.0 Å². The summed E-state index contributed by atoms with van der Waals surface area (Å²) < 4.78 is 38.0. The number of nitrogens with one attached hydrogen (secondary N) is 2. The van der Waals surface area contributed by atoms with Gasteiger partial charge in [0.05, 0.1) is 28.0 Å². The molecule has 0 saturated heterocycles. The van der Waals surface area contributed by atoms with E-state index in [4.69, 9.17) is 14.7 Å². The Morgan fingerprint density at radius 2 is 1.86 bits per heavy atom. The van der Waals surface area contributed by atoms with Crippen molar-refractivity contribution < 1.29 is 17.9 Å². The maximum Gasteiger partial charge on any atom is 0.262 e. The number of ether oxygens (including phenoxy) is 2. The summed E-state index contributed by atoms with van der Waals surface area (Å²) in [6.45, 7) is 0.0690. The second-order valence-electron chi connectivity index (χ2n) is 5.84. The molecule has 8 nitrogen and oxygen atoms in total. The molecule has 1 aliphatic rings. The molecule has 3 aromatic rings. The summed E-state index contributed by atoms with van der Waals surface area (Å²) in [6.07, 6.45) is 1.39. The Labute approximate surface area is 161 Å². The lowest BCUT2D eigenvalue weighted by Gasteiger charge is -2.10. The van der Waals surface area contributed by atoms with E-state index in [-0.39, 0.29) is 11.7 Å². The average Bonchev–Trinajstić information content (AvgIpc) is 3.17. The van der Waals surface area contributed by atoms with Crippen molar-refractivity contribution in [3.05, 3.63) is 66.4 Å². The van der Waals surface area contributed by atoms with Crippen LogP contribution in [0.4, 0.5) is 17.2 Å². The van der Waals surface area contributed by atoms with E-state index in [0.29, 0.717) is 34.3 Å². The Morgan fingerprint density at radius 3 is 2.64 bits per heavy atom. The summed E-state index contributed by atoms with van der Waals surface area (Å²) in [7, 11) is -3.81. The summed E-state index contributed by atoms with van der Waals surface area (Å²) >= 11 is 0. The highest BCUT2D eigenvalue weighted by Gasteiger charge is 2.20. The number of nitrogens with zero attached hydrogens (tertiary/aromatic N) is 2.